The Bertz CT molecular complexity index is 461. The van der Waals surface area contributed by atoms with Crippen molar-refractivity contribution < 1.29 is 23.8 Å². The molecule has 9 heteroatoms. The standard InChI is InChI=1S/C13H20BNO5S2/c1-2-19-13(16)8-10-5-6-12(14(17)20-10)15-22(18)9-11-4-3-7-21-11/h3-4,7,10,12,15,17H,2,5-6,8-9H2,1H3/t10-,12-,22?/m0/s1. The smallest absolute Gasteiger partial charge is 0.477 e. The van der Waals surface area contributed by atoms with Crippen molar-refractivity contribution in [3.05, 3.63) is 22.4 Å². The normalized spacial score (nSPS) is 23.3. The molecule has 3 atom stereocenters. The van der Waals surface area contributed by atoms with Crippen LogP contribution in [0.5, 0.6) is 0 Å². The third-order valence-electron chi connectivity index (χ3n) is 3.31. The zero-order valence-electron chi connectivity index (χ0n) is 12.4. The molecular weight excluding hydrogens is 325 g/mol. The molecule has 2 N–H and O–H groups in total. The van der Waals surface area contributed by atoms with Crippen LogP contribution in [0.25, 0.3) is 0 Å². The van der Waals surface area contributed by atoms with Gasteiger partial charge in [-0.15, -0.1) is 16.1 Å². The zero-order valence-corrected chi connectivity index (χ0v) is 14.0. The number of hydrogen-bond donors (Lipinski definition) is 2. The summed E-state index contributed by atoms with van der Waals surface area (Å²) in [5, 5.41) is 11.9. The predicted octanol–water partition coefficient (Wildman–Crippen LogP) is 1.02. The minimum Gasteiger partial charge on any atom is -0.598 e. The first-order valence-electron chi connectivity index (χ1n) is 7.24. The third-order valence-corrected chi connectivity index (χ3v) is 5.51. The van der Waals surface area contributed by atoms with E-state index in [2.05, 4.69) is 4.72 Å². The molecule has 1 fully saturated rings. The highest BCUT2D eigenvalue weighted by atomic mass is 32.2. The average Bonchev–Trinajstić information content (AvgIpc) is 2.95. The fourth-order valence-corrected chi connectivity index (χ4v) is 4.37. The van der Waals surface area contributed by atoms with Gasteiger partial charge in [0.2, 0.25) is 0 Å². The van der Waals surface area contributed by atoms with Crippen LogP contribution >= 0.6 is 11.3 Å². The summed E-state index contributed by atoms with van der Waals surface area (Å²) in [6.45, 7) is 2.08. The zero-order chi connectivity index (χ0) is 15.9. The lowest BCUT2D eigenvalue weighted by Gasteiger charge is -2.30. The Hall–Kier alpha value is -0.575. The molecule has 0 aliphatic carbocycles. The van der Waals surface area contributed by atoms with Gasteiger partial charge in [0.05, 0.1) is 30.0 Å². The van der Waals surface area contributed by atoms with Crippen LogP contribution in [0.4, 0.5) is 0 Å². The molecule has 0 bridgehead atoms. The minimum absolute atomic E-state index is 0.135. The molecule has 22 heavy (non-hydrogen) atoms. The molecule has 0 amide bonds. The van der Waals surface area contributed by atoms with Gasteiger partial charge in [0.25, 0.3) is 0 Å². The number of esters is 1. The quantitative estimate of drug-likeness (QED) is 0.436. The van der Waals surface area contributed by atoms with Crippen LogP contribution in [0.3, 0.4) is 0 Å². The number of carbonyl (C=O) groups is 1. The second-order valence-corrected chi connectivity index (χ2v) is 7.28. The van der Waals surface area contributed by atoms with E-state index < -0.39 is 18.5 Å². The van der Waals surface area contributed by atoms with Gasteiger partial charge in [0.1, 0.15) is 0 Å². The van der Waals surface area contributed by atoms with Crippen molar-refractivity contribution in [1.29, 1.82) is 0 Å². The van der Waals surface area contributed by atoms with E-state index in [0.717, 1.165) is 4.88 Å². The first-order valence-corrected chi connectivity index (χ1v) is 9.44. The van der Waals surface area contributed by atoms with Gasteiger partial charge in [0.15, 0.2) is 5.75 Å². The Labute approximate surface area is 137 Å². The van der Waals surface area contributed by atoms with Crippen molar-refractivity contribution in [2.24, 2.45) is 0 Å². The number of rotatable bonds is 7. The largest absolute Gasteiger partial charge is 0.598 e. The van der Waals surface area contributed by atoms with Crippen molar-refractivity contribution in [1.82, 2.24) is 4.72 Å². The molecule has 1 saturated heterocycles. The molecule has 0 radical (unpaired) electrons. The van der Waals surface area contributed by atoms with Gasteiger partial charge in [-0.05, 0) is 31.2 Å². The maximum Gasteiger partial charge on any atom is 0.477 e. The molecular formula is C13H20BNO5S2. The molecule has 2 rings (SSSR count). The lowest BCUT2D eigenvalue weighted by molar-refractivity contribution is -0.145. The van der Waals surface area contributed by atoms with Gasteiger partial charge >= 0.3 is 13.1 Å². The molecule has 1 aliphatic heterocycles. The summed E-state index contributed by atoms with van der Waals surface area (Å²) in [5.41, 5.74) is 0. The molecule has 1 aromatic heterocycles. The highest BCUT2D eigenvalue weighted by Gasteiger charge is 2.38. The summed E-state index contributed by atoms with van der Waals surface area (Å²) >= 11 is 0.284. The summed E-state index contributed by atoms with van der Waals surface area (Å²) in [7, 11) is -1.07. The Morgan fingerprint density at radius 2 is 2.50 bits per heavy atom. The van der Waals surface area contributed by atoms with Crippen LogP contribution in [-0.2, 0) is 31.3 Å². The Morgan fingerprint density at radius 3 is 3.14 bits per heavy atom. The summed E-state index contributed by atoms with van der Waals surface area (Å²) < 4.78 is 25.2. The third kappa shape index (κ3) is 5.56. The molecule has 0 spiro atoms. The van der Waals surface area contributed by atoms with E-state index in [4.69, 9.17) is 9.39 Å². The SMILES string of the molecule is CCOC(=O)C[C@@H]1CC[C@H](N[S+]([O-])Cc2cccs2)B(O)O1. The van der Waals surface area contributed by atoms with Crippen LogP contribution < -0.4 is 4.72 Å². The van der Waals surface area contributed by atoms with Crippen LogP contribution in [-0.4, -0.2) is 41.3 Å². The molecule has 122 valence electrons. The Balaban J connectivity index is 1.74. The predicted molar refractivity (Wildman–Crippen MR) is 86.4 cm³/mol. The second-order valence-electron chi connectivity index (χ2n) is 5.03. The molecule has 0 aromatic carbocycles. The van der Waals surface area contributed by atoms with Gasteiger partial charge in [-0.2, -0.15) is 0 Å². The molecule has 2 heterocycles. The first-order chi connectivity index (χ1) is 10.6. The lowest BCUT2D eigenvalue weighted by Crippen LogP contribution is -2.53. The van der Waals surface area contributed by atoms with E-state index in [0.29, 0.717) is 25.2 Å². The average molecular weight is 345 g/mol. The maximum atomic E-state index is 12.0. The topological polar surface area (TPSA) is 90.9 Å². The van der Waals surface area contributed by atoms with Crippen molar-refractivity contribution in [3.63, 3.8) is 0 Å². The van der Waals surface area contributed by atoms with Crippen molar-refractivity contribution >= 4 is 35.8 Å². The van der Waals surface area contributed by atoms with Gasteiger partial charge < -0.3 is 19.0 Å². The highest BCUT2D eigenvalue weighted by Crippen LogP contribution is 2.20. The van der Waals surface area contributed by atoms with Crippen LogP contribution in [0.2, 0.25) is 0 Å². The number of hydrogen-bond acceptors (Lipinski definition) is 7. The van der Waals surface area contributed by atoms with Crippen molar-refractivity contribution in [3.8, 4) is 0 Å². The monoisotopic (exact) mass is 345 g/mol. The van der Waals surface area contributed by atoms with Crippen LogP contribution in [0.1, 0.15) is 31.1 Å². The van der Waals surface area contributed by atoms with E-state index in [1.165, 1.54) is 0 Å². The Kier molecular flexibility index (Phi) is 7.19. The van der Waals surface area contributed by atoms with E-state index in [1.54, 1.807) is 18.3 Å². The fourth-order valence-electron chi connectivity index (χ4n) is 2.28. The Morgan fingerprint density at radius 1 is 1.68 bits per heavy atom. The molecule has 1 aliphatic rings. The summed E-state index contributed by atoms with van der Waals surface area (Å²) in [4.78, 5) is 12.4. The summed E-state index contributed by atoms with van der Waals surface area (Å²) in [6, 6.07) is 3.84. The number of ether oxygens (including phenoxy) is 1. The fraction of sp³-hybridized carbons (Fsp3) is 0.615. The lowest BCUT2D eigenvalue weighted by atomic mass is 9.73. The van der Waals surface area contributed by atoms with Gasteiger partial charge in [-0.1, -0.05) is 6.07 Å². The van der Waals surface area contributed by atoms with E-state index in [-0.39, 0.29) is 24.4 Å². The highest BCUT2D eigenvalue weighted by molar-refractivity contribution is 7.88. The van der Waals surface area contributed by atoms with E-state index in [1.807, 2.05) is 17.5 Å². The maximum absolute atomic E-state index is 12.0. The number of nitrogens with one attached hydrogen (secondary N) is 1. The first kappa shape index (κ1) is 17.8. The van der Waals surface area contributed by atoms with Crippen LogP contribution in [0, 0.1) is 0 Å². The van der Waals surface area contributed by atoms with Crippen LogP contribution in [0.15, 0.2) is 17.5 Å². The summed E-state index contributed by atoms with van der Waals surface area (Å²) in [5.74, 6) is -0.306. The van der Waals surface area contributed by atoms with Crippen molar-refractivity contribution in [2.75, 3.05) is 6.61 Å². The van der Waals surface area contributed by atoms with Gasteiger partial charge in [0, 0.05) is 11.4 Å². The minimum atomic E-state index is -1.26. The van der Waals surface area contributed by atoms with Crippen molar-refractivity contribution in [2.45, 2.75) is 44.0 Å². The molecule has 1 aromatic rings. The summed E-state index contributed by atoms with van der Waals surface area (Å²) in [6.07, 6.45) is 0.999. The molecule has 1 unspecified atom stereocenters. The van der Waals surface area contributed by atoms with E-state index in [9.17, 15) is 14.4 Å². The molecule has 0 saturated carbocycles. The second kappa shape index (κ2) is 8.90. The number of carbonyl (C=O) groups excluding carboxylic acids is 1. The van der Waals surface area contributed by atoms with Gasteiger partial charge in [-0.25, -0.2) is 0 Å². The number of thiophene rings is 1. The van der Waals surface area contributed by atoms with E-state index >= 15 is 0 Å². The van der Waals surface area contributed by atoms with Gasteiger partial charge in [-0.3, -0.25) is 4.79 Å². The molecule has 6 nitrogen and oxygen atoms in total.